The number of nitrogens with zero attached hydrogens (tertiary/aromatic N) is 2. The third-order valence-corrected chi connectivity index (χ3v) is 3.90. The molecule has 0 saturated heterocycles. The molecule has 1 saturated carbocycles. The van der Waals surface area contributed by atoms with Crippen molar-refractivity contribution in [3.63, 3.8) is 0 Å². The van der Waals surface area contributed by atoms with Crippen molar-refractivity contribution in [1.82, 2.24) is 9.97 Å². The summed E-state index contributed by atoms with van der Waals surface area (Å²) in [5, 5.41) is 3.48. The van der Waals surface area contributed by atoms with Crippen LogP contribution in [0.2, 0.25) is 0 Å². The normalized spacial score (nSPS) is 28.1. The Kier molecular flexibility index (Phi) is 3.78. The first kappa shape index (κ1) is 12.1. The molecule has 1 fully saturated rings. The summed E-state index contributed by atoms with van der Waals surface area (Å²) in [6.07, 6.45) is 5.31. The highest BCUT2D eigenvalue weighted by Gasteiger charge is 2.31. The van der Waals surface area contributed by atoms with Gasteiger partial charge in [0.05, 0.1) is 0 Å². The predicted octanol–water partition coefficient (Wildman–Crippen LogP) is 2.00. The van der Waals surface area contributed by atoms with Gasteiger partial charge in [-0.1, -0.05) is 20.3 Å². The Labute approximate surface area is 102 Å². The average molecular weight is 235 g/mol. The monoisotopic (exact) mass is 235 g/mol. The molecule has 17 heavy (non-hydrogen) atoms. The maximum Gasteiger partial charge on any atom is 0.145 e. The Bertz CT molecular complexity index is 368. The molecule has 1 aromatic rings. The van der Waals surface area contributed by atoms with Crippen molar-refractivity contribution in [3.05, 3.63) is 12.4 Å². The van der Waals surface area contributed by atoms with Crippen LogP contribution < -0.4 is 16.6 Å². The van der Waals surface area contributed by atoms with Crippen LogP contribution in [0, 0.1) is 11.8 Å². The predicted molar refractivity (Wildman–Crippen MR) is 69.4 cm³/mol. The minimum Gasteiger partial charge on any atom is -0.367 e. The van der Waals surface area contributed by atoms with E-state index in [0.29, 0.717) is 17.8 Å². The van der Waals surface area contributed by atoms with Crippen LogP contribution >= 0.6 is 0 Å². The van der Waals surface area contributed by atoms with Gasteiger partial charge in [-0.2, -0.15) is 0 Å². The molecule has 2 rings (SSSR count). The van der Waals surface area contributed by atoms with Crippen molar-refractivity contribution in [2.75, 3.05) is 10.7 Å². The summed E-state index contributed by atoms with van der Waals surface area (Å²) in [6.45, 7) is 4.59. The molecule has 0 spiro atoms. The first-order chi connectivity index (χ1) is 8.24. The number of hydrazine groups is 1. The molecule has 0 radical (unpaired) electrons. The number of nitrogens with two attached hydrogens (primary N) is 1. The van der Waals surface area contributed by atoms with Crippen LogP contribution in [-0.4, -0.2) is 16.0 Å². The maximum absolute atomic E-state index is 5.33. The van der Waals surface area contributed by atoms with Crippen molar-refractivity contribution in [3.8, 4) is 0 Å². The summed E-state index contributed by atoms with van der Waals surface area (Å²) >= 11 is 0. The molecular formula is C12H21N5. The first-order valence-corrected chi connectivity index (χ1v) is 6.29. The van der Waals surface area contributed by atoms with Gasteiger partial charge in [0, 0.05) is 12.1 Å². The number of anilines is 2. The van der Waals surface area contributed by atoms with E-state index >= 15 is 0 Å². The molecule has 0 aromatic carbocycles. The second kappa shape index (κ2) is 5.31. The van der Waals surface area contributed by atoms with Crippen molar-refractivity contribution in [2.24, 2.45) is 17.7 Å². The fraction of sp³-hybridized carbons (Fsp3) is 0.667. The van der Waals surface area contributed by atoms with E-state index in [2.05, 4.69) is 34.6 Å². The third kappa shape index (κ3) is 2.66. The molecule has 5 heteroatoms. The number of rotatable bonds is 4. The van der Waals surface area contributed by atoms with Gasteiger partial charge in [0.25, 0.3) is 0 Å². The molecule has 5 nitrogen and oxygen atoms in total. The standard InChI is InChI=1S/C12H21N5/c1-3-9-4-5-10(8(9)2)16-11-6-12(17-13)15-7-14-11/h6-10H,3-5,13H2,1-2H3,(H2,14,15,16,17). The Morgan fingerprint density at radius 3 is 2.76 bits per heavy atom. The van der Waals surface area contributed by atoms with Crippen LogP contribution in [0.3, 0.4) is 0 Å². The average Bonchev–Trinajstić information content (AvgIpc) is 2.71. The third-order valence-electron chi connectivity index (χ3n) is 3.90. The van der Waals surface area contributed by atoms with Crippen LogP contribution in [0.4, 0.5) is 11.6 Å². The minimum absolute atomic E-state index is 0.514. The number of aromatic nitrogens is 2. The van der Waals surface area contributed by atoms with Gasteiger partial charge < -0.3 is 10.7 Å². The van der Waals surface area contributed by atoms with Gasteiger partial charge in [-0.25, -0.2) is 15.8 Å². The van der Waals surface area contributed by atoms with Crippen LogP contribution in [0.1, 0.15) is 33.1 Å². The lowest BCUT2D eigenvalue weighted by Gasteiger charge is -2.21. The fourth-order valence-corrected chi connectivity index (χ4v) is 2.73. The number of nitrogens with one attached hydrogen (secondary N) is 2. The van der Waals surface area contributed by atoms with Gasteiger partial charge in [0.15, 0.2) is 0 Å². The lowest BCUT2D eigenvalue weighted by molar-refractivity contribution is 0.391. The number of nitrogen functional groups attached to an aromatic ring is 1. The largest absolute Gasteiger partial charge is 0.367 e. The van der Waals surface area contributed by atoms with Crippen LogP contribution in [0.5, 0.6) is 0 Å². The highest BCUT2D eigenvalue weighted by molar-refractivity contribution is 5.46. The maximum atomic E-state index is 5.33. The van der Waals surface area contributed by atoms with Gasteiger partial charge in [-0.3, -0.25) is 0 Å². The molecule has 4 N–H and O–H groups in total. The number of hydrogen-bond acceptors (Lipinski definition) is 5. The summed E-state index contributed by atoms with van der Waals surface area (Å²) < 4.78 is 0. The van der Waals surface area contributed by atoms with E-state index in [1.54, 1.807) is 0 Å². The van der Waals surface area contributed by atoms with E-state index in [1.807, 2.05) is 6.07 Å². The molecule has 1 aromatic heterocycles. The summed E-state index contributed by atoms with van der Waals surface area (Å²) in [7, 11) is 0. The Hall–Kier alpha value is -1.36. The van der Waals surface area contributed by atoms with Gasteiger partial charge in [-0.15, -0.1) is 0 Å². The molecule has 1 aliphatic rings. The summed E-state index contributed by atoms with van der Waals surface area (Å²) in [6, 6.07) is 2.35. The molecule has 3 unspecified atom stereocenters. The summed E-state index contributed by atoms with van der Waals surface area (Å²) in [5.74, 6) is 8.35. The Morgan fingerprint density at radius 2 is 2.12 bits per heavy atom. The van der Waals surface area contributed by atoms with Gasteiger partial charge in [0.2, 0.25) is 0 Å². The highest BCUT2D eigenvalue weighted by Crippen LogP contribution is 2.35. The van der Waals surface area contributed by atoms with E-state index in [0.717, 1.165) is 11.7 Å². The zero-order valence-corrected chi connectivity index (χ0v) is 10.5. The zero-order chi connectivity index (χ0) is 12.3. The molecule has 1 aliphatic carbocycles. The smallest absolute Gasteiger partial charge is 0.145 e. The van der Waals surface area contributed by atoms with Gasteiger partial charge >= 0.3 is 0 Å². The highest BCUT2D eigenvalue weighted by atomic mass is 15.3. The lowest BCUT2D eigenvalue weighted by atomic mass is 9.93. The quantitative estimate of drug-likeness (QED) is 0.549. The Morgan fingerprint density at radius 1 is 1.35 bits per heavy atom. The zero-order valence-electron chi connectivity index (χ0n) is 10.5. The van der Waals surface area contributed by atoms with E-state index in [4.69, 9.17) is 5.84 Å². The molecule has 94 valence electrons. The second-order valence-corrected chi connectivity index (χ2v) is 4.79. The van der Waals surface area contributed by atoms with E-state index in [9.17, 15) is 0 Å². The van der Waals surface area contributed by atoms with Gasteiger partial charge in [-0.05, 0) is 24.7 Å². The van der Waals surface area contributed by atoms with Crippen molar-refractivity contribution in [1.29, 1.82) is 0 Å². The molecule has 3 atom stereocenters. The topological polar surface area (TPSA) is 75.9 Å². The van der Waals surface area contributed by atoms with E-state index < -0.39 is 0 Å². The van der Waals surface area contributed by atoms with Crippen LogP contribution in [0.15, 0.2) is 12.4 Å². The molecule has 0 bridgehead atoms. The van der Waals surface area contributed by atoms with Crippen molar-refractivity contribution < 1.29 is 0 Å². The van der Waals surface area contributed by atoms with E-state index in [1.165, 1.54) is 25.6 Å². The van der Waals surface area contributed by atoms with Gasteiger partial charge in [0.1, 0.15) is 18.0 Å². The summed E-state index contributed by atoms with van der Waals surface area (Å²) in [5.41, 5.74) is 2.53. The second-order valence-electron chi connectivity index (χ2n) is 4.79. The van der Waals surface area contributed by atoms with Crippen LogP contribution in [-0.2, 0) is 0 Å². The number of hydrogen-bond donors (Lipinski definition) is 3. The summed E-state index contributed by atoms with van der Waals surface area (Å²) in [4.78, 5) is 8.21. The molecule has 0 aliphatic heterocycles. The van der Waals surface area contributed by atoms with Crippen molar-refractivity contribution >= 4 is 11.6 Å². The fourth-order valence-electron chi connectivity index (χ4n) is 2.73. The first-order valence-electron chi connectivity index (χ1n) is 6.29. The SMILES string of the molecule is CCC1CCC(Nc2cc(NN)ncn2)C1C. The Balaban J connectivity index is 2.01. The molecular weight excluding hydrogens is 214 g/mol. The molecule has 1 heterocycles. The van der Waals surface area contributed by atoms with Crippen molar-refractivity contribution in [2.45, 2.75) is 39.2 Å². The minimum atomic E-state index is 0.514. The lowest BCUT2D eigenvalue weighted by Crippen LogP contribution is -2.25. The van der Waals surface area contributed by atoms with E-state index in [-0.39, 0.29) is 0 Å². The molecule has 0 amide bonds. The van der Waals surface area contributed by atoms with Crippen LogP contribution in [0.25, 0.3) is 0 Å².